The van der Waals surface area contributed by atoms with Crippen molar-refractivity contribution in [2.24, 2.45) is 5.92 Å². The van der Waals surface area contributed by atoms with E-state index in [9.17, 15) is 0 Å². The van der Waals surface area contributed by atoms with Crippen LogP contribution in [-0.4, -0.2) is 35.2 Å². The van der Waals surface area contributed by atoms with E-state index in [-0.39, 0.29) is 0 Å². The van der Waals surface area contributed by atoms with E-state index in [4.69, 9.17) is 4.52 Å². The molecule has 0 fully saturated rings. The molecule has 4 aromatic rings. The lowest BCUT2D eigenvalue weighted by Gasteiger charge is -1.98. The Morgan fingerprint density at radius 1 is 1.28 bits per heavy atom. The molecule has 0 aliphatic rings. The summed E-state index contributed by atoms with van der Waals surface area (Å²) < 4.78 is 7.01. The standard InChI is InChI=1S/C16H19N7OS/c1-8(2)5-11-6-13(18-17-11)15-21-23-14(19-20-16(23)25-15)7-12-9(3)22-24-10(12)4/h6,8H,5,7H2,1-4H3,(H,17,18). The van der Waals surface area contributed by atoms with E-state index in [2.05, 4.69) is 50.6 Å². The number of aromatic amines is 1. The van der Waals surface area contributed by atoms with Gasteiger partial charge < -0.3 is 4.52 Å². The number of rotatable bonds is 5. The Hall–Kier alpha value is -2.55. The van der Waals surface area contributed by atoms with Crippen LogP contribution in [0.4, 0.5) is 0 Å². The van der Waals surface area contributed by atoms with Crippen LogP contribution in [0.3, 0.4) is 0 Å². The Labute approximate surface area is 148 Å². The summed E-state index contributed by atoms with van der Waals surface area (Å²) in [4.78, 5) is 0.755. The van der Waals surface area contributed by atoms with Gasteiger partial charge in [0.1, 0.15) is 11.5 Å². The number of hydrogen-bond acceptors (Lipinski definition) is 7. The highest BCUT2D eigenvalue weighted by Gasteiger charge is 2.18. The molecule has 0 radical (unpaired) electrons. The summed E-state index contributed by atoms with van der Waals surface area (Å²) in [6, 6.07) is 2.06. The second-order valence-corrected chi connectivity index (χ2v) is 7.53. The molecule has 4 rings (SSSR count). The SMILES string of the molecule is Cc1noc(C)c1Cc1nnc2sc(-c3cc(CC(C)C)[nH]n3)nn12. The highest BCUT2D eigenvalue weighted by Crippen LogP contribution is 2.26. The molecule has 9 heteroatoms. The summed E-state index contributed by atoms with van der Waals surface area (Å²) in [6.45, 7) is 8.20. The van der Waals surface area contributed by atoms with Crippen LogP contribution in [0, 0.1) is 19.8 Å². The zero-order chi connectivity index (χ0) is 17.6. The van der Waals surface area contributed by atoms with Crippen molar-refractivity contribution >= 4 is 16.3 Å². The fourth-order valence-corrected chi connectivity index (χ4v) is 3.62. The minimum Gasteiger partial charge on any atom is -0.361 e. The predicted molar refractivity (Wildman–Crippen MR) is 93.6 cm³/mol. The fraction of sp³-hybridized carbons (Fsp3) is 0.438. The number of fused-ring (bicyclic) bond motifs is 1. The molecular formula is C16H19N7OS. The molecule has 130 valence electrons. The zero-order valence-corrected chi connectivity index (χ0v) is 15.4. The smallest absolute Gasteiger partial charge is 0.235 e. The molecule has 25 heavy (non-hydrogen) atoms. The highest BCUT2D eigenvalue weighted by molar-refractivity contribution is 7.19. The molecule has 0 spiro atoms. The van der Waals surface area contributed by atoms with Gasteiger partial charge in [-0.05, 0) is 32.3 Å². The number of aryl methyl sites for hydroxylation is 2. The third-order valence-corrected chi connectivity index (χ3v) is 4.97. The largest absolute Gasteiger partial charge is 0.361 e. The third kappa shape index (κ3) is 2.95. The van der Waals surface area contributed by atoms with Crippen molar-refractivity contribution in [1.82, 2.24) is 35.2 Å². The third-order valence-electron chi connectivity index (χ3n) is 4.05. The first-order valence-corrected chi connectivity index (χ1v) is 9.00. The molecular weight excluding hydrogens is 338 g/mol. The van der Waals surface area contributed by atoms with E-state index in [1.165, 1.54) is 11.3 Å². The summed E-state index contributed by atoms with van der Waals surface area (Å²) in [5.74, 6) is 2.15. The molecule has 0 atom stereocenters. The van der Waals surface area contributed by atoms with Crippen molar-refractivity contribution in [3.8, 4) is 10.7 Å². The van der Waals surface area contributed by atoms with Gasteiger partial charge in [-0.3, -0.25) is 5.10 Å². The van der Waals surface area contributed by atoms with Crippen LogP contribution in [0.1, 0.15) is 42.4 Å². The summed E-state index contributed by atoms with van der Waals surface area (Å²) in [7, 11) is 0. The van der Waals surface area contributed by atoms with Crippen LogP contribution in [-0.2, 0) is 12.8 Å². The average molecular weight is 357 g/mol. The summed E-state index contributed by atoms with van der Waals surface area (Å²) in [5.41, 5.74) is 3.86. The van der Waals surface area contributed by atoms with Crippen LogP contribution < -0.4 is 0 Å². The van der Waals surface area contributed by atoms with Crippen LogP contribution in [0.15, 0.2) is 10.6 Å². The van der Waals surface area contributed by atoms with Gasteiger partial charge in [-0.15, -0.1) is 10.2 Å². The van der Waals surface area contributed by atoms with Gasteiger partial charge in [-0.1, -0.05) is 30.3 Å². The number of nitrogens with one attached hydrogen (secondary N) is 1. The van der Waals surface area contributed by atoms with E-state index in [1.807, 2.05) is 13.8 Å². The number of aromatic nitrogens is 7. The van der Waals surface area contributed by atoms with E-state index >= 15 is 0 Å². The highest BCUT2D eigenvalue weighted by atomic mass is 32.1. The van der Waals surface area contributed by atoms with Crippen molar-refractivity contribution in [2.75, 3.05) is 0 Å². The lowest BCUT2D eigenvalue weighted by atomic mass is 10.1. The maximum Gasteiger partial charge on any atom is 0.235 e. The van der Waals surface area contributed by atoms with Gasteiger partial charge in [0.15, 0.2) is 10.8 Å². The molecule has 0 saturated heterocycles. The van der Waals surface area contributed by atoms with Crippen molar-refractivity contribution in [2.45, 2.75) is 40.5 Å². The lowest BCUT2D eigenvalue weighted by Crippen LogP contribution is -1.99. The first-order valence-electron chi connectivity index (χ1n) is 8.18. The minimum absolute atomic E-state index is 0.577. The fourth-order valence-electron chi connectivity index (χ4n) is 2.80. The molecule has 8 nitrogen and oxygen atoms in total. The minimum atomic E-state index is 0.577. The van der Waals surface area contributed by atoms with Crippen molar-refractivity contribution in [1.29, 1.82) is 0 Å². The molecule has 0 bridgehead atoms. The Kier molecular flexibility index (Phi) is 3.87. The maximum atomic E-state index is 5.23. The van der Waals surface area contributed by atoms with Gasteiger partial charge in [0, 0.05) is 17.7 Å². The second-order valence-electron chi connectivity index (χ2n) is 6.57. The summed E-state index contributed by atoms with van der Waals surface area (Å²) in [5, 5.41) is 25.4. The Balaban J connectivity index is 1.65. The Morgan fingerprint density at radius 2 is 2.12 bits per heavy atom. The van der Waals surface area contributed by atoms with E-state index < -0.39 is 0 Å². The Bertz CT molecular complexity index is 1000. The summed E-state index contributed by atoms with van der Waals surface area (Å²) >= 11 is 1.48. The van der Waals surface area contributed by atoms with Gasteiger partial charge in [-0.2, -0.15) is 14.7 Å². The summed E-state index contributed by atoms with van der Waals surface area (Å²) in [6.07, 6.45) is 1.55. The molecule has 0 amide bonds. The van der Waals surface area contributed by atoms with Crippen LogP contribution in [0.25, 0.3) is 15.7 Å². The van der Waals surface area contributed by atoms with E-state index in [0.29, 0.717) is 12.3 Å². The van der Waals surface area contributed by atoms with Gasteiger partial charge in [0.25, 0.3) is 0 Å². The van der Waals surface area contributed by atoms with Crippen molar-refractivity contribution in [3.63, 3.8) is 0 Å². The topological polar surface area (TPSA) is 97.8 Å². The average Bonchev–Trinajstić information content (AvgIpc) is 3.29. The molecule has 1 N–H and O–H groups in total. The van der Waals surface area contributed by atoms with Crippen LogP contribution in [0.2, 0.25) is 0 Å². The molecule has 4 heterocycles. The molecule has 0 saturated carbocycles. The van der Waals surface area contributed by atoms with Crippen molar-refractivity contribution in [3.05, 3.63) is 34.6 Å². The molecule has 0 aliphatic heterocycles. The van der Waals surface area contributed by atoms with Crippen molar-refractivity contribution < 1.29 is 4.52 Å². The first-order chi connectivity index (χ1) is 12.0. The van der Waals surface area contributed by atoms with Gasteiger partial charge in [0.05, 0.1) is 5.69 Å². The monoisotopic (exact) mass is 357 g/mol. The van der Waals surface area contributed by atoms with Crippen LogP contribution >= 0.6 is 11.3 Å². The lowest BCUT2D eigenvalue weighted by molar-refractivity contribution is 0.392. The van der Waals surface area contributed by atoms with Crippen LogP contribution in [0.5, 0.6) is 0 Å². The predicted octanol–water partition coefficient (Wildman–Crippen LogP) is 2.97. The van der Waals surface area contributed by atoms with Gasteiger partial charge in [-0.25, -0.2) is 0 Å². The van der Waals surface area contributed by atoms with Gasteiger partial charge in [0.2, 0.25) is 4.96 Å². The molecule has 0 aromatic carbocycles. The van der Waals surface area contributed by atoms with E-state index in [0.717, 1.165) is 50.6 Å². The first kappa shape index (κ1) is 15.9. The Morgan fingerprint density at radius 3 is 2.84 bits per heavy atom. The number of hydrogen-bond donors (Lipinski definition) is 1. The number of H-pyrrole nitrogens is 1. The molecule has 0 unspecified atom stereocenters. The zero-order valence-electron chi connectivity index (χ0n) is 14.6. The van der Waals surface area contributed by atoms with E-state index in [1.54, 1.807) is 4.52 Å². The maximum absolute atomic E-state index is 5.23. The molecule has 0 aliphatic carbocycles. The van der Waals surface area contributed by atoms with Gasteiger partial charge >= 0.3 is 0 Å². The molecule has 4 aromatic heterocycles. The normalized spacial score (nSPS) is 11.9. The second kappa shape index (κ2) is 6.07. The quantitative estimate of drug-likeness (QED) is 0.590. The number of nitrogens with zero attached hydrogens (tertiary/aromatic N) is 6.